The van der Waals surface area contributed by atoms with Crippen molar-refractivity contribution in [1.29, 1.82) is 0 Å². The predicted molar refractivity (Wildman–Crippen MR) is 96.3 cm³/mol. The van der Waals surface area contributed by atoms with E-state index in [1.807, 2.05) is 28.8 Å². The first-order valence-corrected chi connectivity index (χ1v) is 9.31. The molecule has 1 aromatic heterocycles. The van der Waals surface area contributed by atoms with Gasteiger partial charge in [-0.15, -0.1) is 0 Å². The van der Waals surface area contributed by atoms with Crippen molar-refractivity contribution in [2.75, 3.05) is 39.4 Å². The van der Waals surface area contributed by atoms with Gasteiger partial charge in [0.15, 0.2) is 0 Å². The topological polar surface area (TPSA) is 50.6 Å². The smallest absolute Gasteiger partial charge is 0.242 e. The number of hydrogen-bond acceptors (Lipinski definition) is 4. The van der Waals surface area contributed by atoms with Crippen LogP contribution < -0.4 is 0 Å². The second kappa shape index (κ2) is 7.54. The first kappa shape index (κ1) is 16.5. The fraction of sp³-hybridized carbons (Fsp3) is 0.579. The van der Waals surface area contributed by atoms with Crippen molar-refractivity contribution in [3.8, 4) is 0 Å². The monoisotopic (exact) mass is 342 g/mol. The molecule has 0 spiro atoms. The number of para-hydroxylation sites is 2. The Balaban J connectivity index is 1.45. The maximum absolute atomic E-state index is 13.0. The number of benzene rings is 1. The highest BCUT2D eigenvalue weighted by Gasteiger charge is 2.29. The lowest BCUT2D eigenvalue weighted by atomic mass is 10.0. The molecule has 2 aromatic rings. The van der Waals surface area contributed by atoms with Gasteiger partial charge in [0.1, 0.15) is 6.54 Å². The molecular weight excluding hydrogens is 316 g/mol. The van der Waals surface area contributed by atoms with Gasteiger partial charge in [-0.1, -0.05) is 12.1 Å². The van der Waals surface area contributed by atoms with Gasteiger partial charge < -0.3 is 14.2 Å². The quantitative estimate of drug-likeness (QED) is 0.849. The molecule has 1 atom stereocenters. The Morgan fingerprint density at radius 2 is 2.00 bits per heavy atom. The summed E-state index contributed by atoms with van der Waals surface area (Å²) < 4.78 is 7.41. The average molecular weight is 342 g/mol. The van der Waals surface area contributed by atoms with Gasteiger partial charge in [-0.05, 0) is 31.4 Å². The molecule has 0 saturated carbocycles. The number of morpholine rings is 1. The number of nitrogens with zero attached hydrogens (tertiary/aromatic N) is 4. The predicted octanol–water partition coefficient (Wildman–Crippen LogP) is 1.75. The molecule has 0 radical (unpaired) electrons. The minimum Gasteiger partial charge on any atom is -0.379 e. The minimum atomic E-state index is 0.209. The molecule has 0 bridgehead atoms. The van der Waals surface area contributed by atoms with Crippen LogP contribution in [0.5, 0.6) is 0 Å². The van der Waals surface area contributed by atoms with E-state index in [2.05, 4.69) is 14.8 Å². The van der Waals surface area contributed by atoms with Crippen LogP contribution in [-0.4, -0.2) is 70.7 Å². The normalized spacial score (nSPS) is 22.4. The third kappa shape index (κ3) is 3.70. The van der Waals surface area contributed by atoms with E-state index in [9.17, 15) is 4.79 Å². The van der Waals surface area contributed by atoms with E-state index < -0.39 is 0 Å². The number of carbonyl (C=O) groups excluding carboxylic acids is 1. The van der Waals surface area contributed by atoms with Gasteiger partial charge in [0.25, 0.3) is 0 Å². The van der Waals surface area contributed by atoms with Gasteiger partial charge in [0.2, 0.25) is 5.91 Å². The molecule has 6 nitrogen and oxygen atoms in total. The maximum Gasteiger partial charge on any atom is 0.242 e. The number of imidazole rings is 1. The van der Waals surface area contributed by atoms with Crippen molar-refractivity contribution in [3.05, 3.63) is 30.6 Å². The first-order valence-electron chi connectivity index (χ1n) is 9.31. The van der Waals surface area contributed by atoms with Crippen LogP contribution in [0.2, 0.25) is 0 Å². The zero-order chi connectivity index (χ0) is 17.1. The van der Waals surface area contributed by atoms with Crippen molar-refractivity contribution < 1.29 is 9.53 Å². The highest BCUT2D eigenvalue weighted by atomic mass is 16.5. The zero-order valence-electron chi connectivity index (χ0n) is 14.6. The molecule has 1 amide bonds. The van der Waals surface area contributed by atoms with Crippen LogP contribution in [0.1, 0.15) is 19.3 Å². The largest absolute Gasteiger partial charge is 0.379 e. The van der Waals surface area contributed by atoms with Crippen LogP contribution in [0.15, 0.2) is 30.6 Å². The van der Waals surface area contributed by atoms with Crippen molar-refractivity contribution in [3.63, 3.8) is 0 Å². The lowest BCUT2D eigenvalue weighted by Gasteiger charge is -2.39. The molecule has 2 aliphatic rings. The molecule has 1 aromatic carbocycles. The van der Waals surface area contributed by atoms with Crippen LogP contribution >= 0.6 is 0 Å². The summed E-state index contributed by atoms with van der Waals surface area (Å²) >= 11 is 0. The number of piperidine rings is 1. The maximum atomic E-state index is 13.0. The van der Waals surface area contributed by atoms with Gasteiger partial charge in [0, 0.05) is 32.2 Å². The Morgan fingerprint density at radius 3 is 2.88 bits per heavy atom. The highest BCUT2D eigenvalue weighted by Crippen LogP contribution is 2.20. The third-order valence-corrected chi connectivity index (χ3v) is 5.35. The second-order valence-electron chi connectivity index (χ2n) is 7.01. The molecule has 6 heteroatoms. The van der Waals surface area contributed by atoms with E-state index in [0.29, 0.717) is 12.6 Å². The fourth-order valence-corrected chi connectivity index (χ4v) is 3.97. The Hall–Kier alpha value is -1.92. The van der Waals surface area contributed by atoms with E-state index in [-0.39, 0.29) is 5.91 Å². The molecule has 2 fully saturated rings. The molecule has 2 aliphatic heterocycles. The number of rotatable bonds is 4. The molecule has 25 heavy (non-hydrogen) atoms. The number of hydrogen-bond donors (Lipinski definition) is 0. The van der Waals surface area contributed by atoms with Crippen LogP contribution in [0.25, 0.3) is 11.0 Å². The van der Waals surface area contributed by atoms with Crippen molar-refractivity contribution in [2.45, 2.75) is 31.8 Å². The fourth-order valence-electron chi connectivity index (χ4n) is 3.97. The summed E-state index contributed by atoms with van der Waals surface area (Å²) in [5, 5.41) is 0. The molecule has 0 unspecified atom stereocenters. The molecule has 4 rings (SSSR count). The van der Waals surface area contributed by atoms with Gasteiger partial charge in [-0.3, -0.25) is 9.69 Å². The standard InChI is InChI=1S/C19H26N4O2/c24-19(14-22-15-20-17-6-1-2-7-18(17)22)23-8-4-3-5-16(23)13-21-9-11-25-12-10-21/h1-2,6-7,15-16H,3-5,8-14H2/t16-/m1/s1. The minimum absolute atomic E-state index is 0.209. The number of ether oxygens (including phenoxy) is 1. The van der Waals surface area contributed by atoms with E-state index in [1.54, 1.807) is 6.33 Å². The molecule has 134 valence electrons. The second-order valence-corrected chi connectivity index (χ2v) is 7.01. The van der Waals surface area contributed by atoms with Crippen molar-refractivity contribution in [2.24, 2.45) is 0 Å². The lowest BCUT2D eigenvalue weighted by molar-refractivity contribution is -0.136. The Bertz CT molecular complexity index is 723. The van der Waals surface area contributed by atoms with Gasteiger partial charge in [-0.2, -0.15) is 0 Å². The van der Waals surface area contributed by atoms with Crippen molar-refractivity contribution >= 4 is 16.9 Å². The van der Waals surface area contributed by atoms with Gasteiger partial charge >= 0.3 is 0 Å². The summed E-state index contributed by atoms with van der Waals surface area (Å²) in [5.74, 6) is 0.209. The number of carbonyl (C=O) groups is 1. The number of likely N-dealkylation sites (tertiary alicyclic amines) is 1. The van der Waals surface area contributed by atoms with Gasteiger partial charge in [-0.25, -0.2) is 4.98 Å². The number of amides is 1. The zero-order valence-corrected chi connectivity index (χ0v) is 14.6. The molecule has 0 aliphatic carbocycles. The molecule has 2 saturated heterocycles. The third-order valence-electron chi connectivity index (χ3n) is 5.35. The molecular formula is C19H26N4O2. The SMILES string of the molecule is O=C(Cn1cnc2ccccc21)N1CCCC[C@@H]1CN1CCOCC1. The summed E-state index contributed by atoms with van der Waals surface area (Å²) in [6.07, 6.45) is 5.21. The number of aromatic nitrogens is 2. The summed E-state index contributed by atoms with van der Waals surface area (Å²) in [5.41, 5.74) is 1.97. The van der Waals surface area contributed by atoms with Crippen molar-refractivity contribution in [1.82, 2.24) is 19.4 Å². The first-order chi connectivity index (χ1) is 12.3. The Labute approximate surface area is 148 Å². The van der Waals surface area contributed by atoms with Crippen LogP contribution in [-0.2, 0) is 16.1 Å². The van der Waals surface area contributed by atoms with Gasteiger partial charge in [0.05, 0.1) is 30.6 Å². The van der Waals surface area contributed by atoms with E-state index in [0.717, 1.165) is 63.3 Å². The summed E-state index contributed by atoms with van der Waals surface area (Å²) in [4.78, 5) is 21.9. The Morgan fingerprint density at radius 1 is 1.16 bits per heavy atom. The van der Waals surface area contributed by atoms with E-state index in [4.69, 9.17) is 4.74 Å². The van der Waals surface area contributed by atoms with Crippen LogP contribution in [0.3, 0.4) is 0 Å². The highest BCUT2D eigenvalue weighted by molar-refractivity contribution is 5.80. The van der Waals surface area contributed by atoms with E-state index >= 15 is 0 Å². The molecule has 0 N–H and O–H groups in total. The number of fused-ring (bicyclic) bond motifs is 1. The van der Waals surface area contributed by atoms with Crippen LogP contribution in [0.4, 0.5) is 0 Å². The van der Waals surface area contributed by atoms with E-state index in [1.165, 1.54) is 6.42 Å². The average Bonchev–Trinajstić information content (AvgIpc) is 3.06. The summed E-state index contributed by atoms with van der Waals surface area (Å²) in [6.45, 7) is 5.79. The summed E-state index contributed by atoms with van der Waals surface area (Å²) in [7, 11) is 0. The van der Waals surface area contributed by atoms with Crippen LogP contribution in [0, 0.1) is 0 Å². The summed E-state index contributed by atoms with van der Waals surface area (Å²) in [6, 6.07) is 8.31. The Kier molecular flexibility index (Phi) is 4.99. The molecule has 3 heterocycles. The lowest BCUT2D eigenvalue weighted by Crippen LogP contribution is -2.52.